The van der Waals surface area contributed by atoms with Crippen molar-refractivity contribution in [3.05, 3.63) is 47.5 Å². The second-order valence-electron chi connectivity index (χ2n) is 9.57. The smallest absolute Gasteiger partial charge is 0.338 e. The molecule has 1 saturated heterocycles. The van der Waals surface area contributed by atoms with E-state index in [1.165, 1.54) is 23.6 Å². The summed E-state index contributed by atoms with van der Waals surface area (Å²) in [5.74, 6) is 1.46. The number of ether oxygens (including phenoxy) is 2. The molecule has 0 radical (unpaired) electrons. The van der Waals surface area contributed by atoms with Gasteiger partial charge in [0.25, 0.3) is 0 Å². The number of fused-ring (bicyclic) bond motifs is 2. The lowest BCUT2D eigenvalue weighted by atomic mass is 9.90. The van der Waals surface area contributed by atoms with E-state index >= 15 is 0 Å². The van der Waals surface area contributed by atoms with Gasteiger partial charge in [-0.15, -0.1) is 0 Å². The first kappa shape index (κ1) is 21.7. The van der Waals surface area contributed by atoms with Crippen LogP contribution in [0.5, 0.6) is 5.75 Å². The molecule has 0 N–H and O–H groups in total. The Balaban J connectivity index is 1.54. The first-order valence-electron chi connectivity index (χ1n) is 11.9. The van der Waals surface area contributed by atoms with Crippen LogP contribution in [0.25, 0.3) is 33.5 Å². The highest BCUT2D eigenvalue weighted by Crippen LogP contribution is 2.45. The Morgan fingerprint density at radius 2 is 1.83 bits per heavy atom. The normalized spacial score (nSPS) is 16.1. The number of carbonyl (C=O) groups is 2. The fourth-order valence-electron chi connectivity index (χ4n) is 5.39. The van der Waals surface area contributed by atoms with E-state index in [1.807, 2.05) is 16.5 Å². The molecule has 180 valence electrons. The molecule has 2 aromatic heterocycles. The van der Waals surface area contributed by atoms with E-state index in [0.29, 0.717) is 28.8 Å². The molecule has 0 unspecified atom stereocenters. The van der Waals surface area contributed by atoms with Crippen molar-refractivity contribution >= 4 is 33.8 Å². The molecule has 1 aliphatic carbocycles. The van der Waals surface area contributed by atoms with Crippen LogP contribution in [0, 0.1) is 0 Å². The van der Waals surface area contributed by atoms with Crippen LogP contribution < -0.4 is 4.74 Å². The number of esters is 1. The highest BCUT2D eigenvalue weighted by atomic mass is 16.5. The van der Waals surface area contributed by atoms with Gasteiger partial charge in [-0.1, -0.05) is 18.2 Å². The summed E-state index contributed by atoms with van der Waals surface area (Å²) in [6, 6.07) is 12.6. The molecule has 3 heterocycles. The minimum Gasteiger partial charge on any atom is -0.494 e. The Morgan fingerprint density at radius 3 is 2.49 bits per heavy atom. The van der Waals surface area contributed by atoms with E-state index in [2.05, 4.69) is 28.8 Å². The minimum absolute atomic E-state index is 0.131. The molecule has 1 amide bonds. The number of carbonyl (C=O) groups excluding carboxylic acids is 2. The Morgan fingerprint density at radius 1 is 1.06 bits per heavy atom. The van der Waals surface area contributed by atoms with E-state index < -0.39 is 5.97 Å². The van der Waals surface area contributed by atoms with Crippen molar-refractivity contribution in [3.8, 4) is 17.3 Å². The third-order valence-electron chi connectivity index (χ3n) is 7.37. The monoisotopic (exact) mass is 472 g/mol. The van der Waals surface area contributed by atoms with Gasteiger partial charge in [0.05, 0.1) is 36.5 Å². The summed E-state index contributed by atoms with van der Waals surface area (Å²) in [6.07, 6.45) is 2.27. The number of hydrogen-bond acceptors (Lipinski definition) is 5. The number of likely N-dealkylation sites (tertiary alicyclic amines) is 1. The summed E-state index contributed by atoms with van der Waals surface area (Å²) in [5.41, 5.74) is 5.52. The Labute approximate surface area is 203 Å². The molecule has 1 saturated carbocycles. The summed E-state index contributed by atoms with van der Waals surface area (Å²) in [4.78, 5) is 30.9. The van der Waals surface area contributed by atoms with Crippen LogP contribution in [-0.4, -0.2) is 58.2 Å². The van der Waals surface area contributed by atoms with Crippen LogP contribution in [-0.2, 0) is 16.6 Å². The van der Waals surface area contributed by atoms with Gasteiger partial charge in [0, 0.05) is 44.4 Å². The van der Waals surface area contributed by atoms with Crippen LogP contribution >= 0.6 is 0 Å². The molecule has 4 aromatic rings. The van der Waals surface area contributed by atoms with Gasteiger partial charge in [-0.2, -0.15) is 0 Å². The van der Waals surface area contributed by atoms with Gasteiger partial charge < -0.3 is 23.5 Å². The predicted octanol–water partition coefficient (Wildman–Crippen LogP) is 4.27. The van der Waals surface area contributed by atoms with E-state index in [0.717, 1.165) is 43.0 Å². The molecule has 35 heavy (non-hydrogen) atoms. The number of imidazole rings is 1. The number of para-hydroxylation sites is 1. The molecule has 2 aliphatic rings. The minimum atomic E-state index is -0.422. The SMILES string of the molecule is COC(=O)c1cc(OC)c2c(c1)nc(-c1cc3cccc(C4CN(C(C)=O)C4)c3n1C1CC1)n2C. The standard InChI is InChI=1S/C27H28N4O4/c1-15(32)30-13-18(14-30)20-7-5-6-16-11-22(31(24(16)20)19-8-9-19)26-28-21-10-17(27(33)35-4)12-23(34-3)25(21)29(26)2/h5-7,10-12,18-19H,8-9,13-14H2,1-4H3. The van der Waals surface area contributed by atoms with Crippen LogP contribution in [0.15, 0.2) is 36.4 Å². The zero-order valence-electron chi connectivity index (χ0n) is 20.4. The Kier molecular flexibility index (Phi) is 4.88. The third kappa shape index (κ3) is 3.31. The van der Waals surface area contributed by atoms with Crippen LogP contribution in [0.3, 0.4) is 0 Å². The maximum absolute atomic E-state index is 12.2. The van der Waals surface area contributed by atoms with Gasteiger partial charge in [-0.3, -0.25) is 4.79 Å². The van der Waals surface area contributed by atoms with Gasteiger partial charge >= 0.3 is 5.97 Å². The topological polar surface area (TPSA) is 78.6 Å². The summed E-state index contributed by atoms with van der Waals surface area (Å²) in [5, 5.41) is 1.18. The van der Waals surface area contributed by atoms with Crippen molar-refractivity contribution in [2.24, 2.45) is 7.05 Å². The van der Waals surface area contributed by atoms with Gasteiger partial charge in [0.2, 0.25) is 5.91 Å². The number of aryl methyl sites for hydroxylation is 1. The fourth-order valence-corrected chi connectivity index (χ4v) is 5.39. The van der Waals surface area contributed by atoms with Gasteiger partial charge in [0.15, 0.2) is 5.82 Å². The third-order valence-corrected chi connectivity index (χ3v) is 7.37. The first-order valence-corrected chi connectivity index (χ1v) is 11.9. The van der Waals surface area contributed by atoms with Crippen LogP contribution in [0.1, 0.15) is 47.6 Å². The quantitative estimate of drug-likeness (QED) is 0.406. The maximum Gasteiger partial charge on any atom is 0.338 e. The van der Waals surface area contributed by atoms with Gasteiger partial charge in [-0.05, 0) is 36.6 Å². The van der Waals surface area contributed by atoms with Crippen molar-refractivity contribution in [1.82, 2.24) is 19.0 Å². The van der Waals surface area contributed by atoms with E-state index in [-0.39, 0.29) is 5.91 Å². The number of benzene rings is 2. The molecule has 2 aromatic carbocycles. The second kappa shape index (κ2) is 7.86. The van der Waals surface area contributed by atoms with Gasteiger partial charge in [-0.25, -0.2) is 9.78 Å². The lowest BCUT2D eigenvalue weighted by Crippen LogP contribution is -2.47. The number of aromatic nitrogens is 3. The van der Waals surface area contributed by atoms with Crippen molar-refractivity contribution in [3.63, 3.8) is 0 Å². The fraction of sp³-hybridized carbons (Fsp3) is 0.370. The number of nitrogens with zero attached hydrogens (tertiary/aromatic N) is 4. The molecule has 8 heteroatoms. The molecular weight excluding hydrogens is 444 g/mol. The zero-order chi connectivity index (χ0) is 24.4. The first-order chi connectivity index (χ1) is 16.9. The van der Waals surface area contributed by atoms with E-state index in [9.17, 15) is 9.59 Å². The molecular formula is C27H28N4O4. The van der Waals surface area contributed by atoms with E-state index in [1.54, 1.807) is 26.2 Å². The number of amides is 1. The second-order valence-corrected chi connectivity index (χ2v) is 9.57. The van der Waals surface area contributed by atoms with Gasteiger partial charge in [0.1, 0.15) is 11.3 Å². The molecule has 0 spiro atoms. The largest absolute Gasteiger partial charge is 0.494 e. The number of methoxy groups -OCH3 is 2. The van der Waals surface area contributed by atoms with Crippen LogP contribution in [0.2, 0.25) is 0 Å². The highest BCUT2D eigenvalue weighted by Gasteiger charge is 2.35. The Bertz CT molecular complexity index is 1500. The maximum atomic E-state index is 12.2. The van der Waals surface area contributed by atoms with Crippen LogP contribution in [0.4, 0.5) is 0 Å². The molecule has 0 atom stereocenters. The van der Waals surface area contributed by atoms with Crippen molar-refractivity contribution < 1.29 is 19.1 Å². The highest BCUT2D eigenvalue weighted by molar-refractivity contribution is 5.98. The summed E-state index contributed by atoms with van der Waals surface area (Å²) in [6.45, 7) is 3.16. The van der Waals surface area contributed by atoms with Crippen molar-refractivity contribution in [2.75, 3.05) is 27.3 Å². The molecule has 8 nitrogen and oxygen atoms in total. The van der Waals surface area contributed by atoms with Crippen molar-refractivity contribution in [2.45, 2.75) is 31.7 Å². The zero-order valence-corrected chi connectivity index (χ0v) is 20.4. The lowest BCUT2D eigenvalue weighted by molar-refractivity contribution is -0.133. The molecule has 2 fully saturated rings. The Hall–Kier alpha value is -3.81. The molecule has 0 bridgehead atoms. The number of rotatable bonds is 5. The summed E-state index contributed by atoms with van der Waals surface area (Å²) >= 11 is 0. The van der Waals surface area contributed by atoms with E-state index in [4.69, 9.17) is 14.5 Å². The molecule has 6 rings (SSSR count). The average Bonchev–Trinajstić information content (AvgIpc) is 3.50. The molecule has 1 aliphatic heterocycles. The lowest BCUT2D eigenvalue weighted by Gasteiger charge is -2.39. The summed E-state index contributed by atoms with van der Waals surface area (Å²) in [7, 11) is 4.95. The predicted molar refractivity (Wildman–Crippen MR) is 133 cm³/mol. The average molecular weight is 473 g/mol. The number of hydrogen-bond donors (Lipinski definition) is 0. The summed E-state index contributed by atoms with van der Waals surface area (Å²) < 4.78 is 15.0. The van der Waals surface area contributed by atoms with Crippen molar-refractivity contribution in [1.29, 1.82) is 0 Å².